The van der Waals surface area contributed by atoms with Crippen molar-refractivity contribution in [3.63, 3.8) is 0 Å². The van der Waals surface area contributed by atoms with Gasteiger partial charge in [0.25, 0.3) is 5.91 Å². The Morgan fingerprint density at radius 3 is 2.86 bits per heavy atom. The molecule has 106 valence electrons. The number of thiocarbonyl (C=S) groups is 1. The van der Waals surface area contributed by atoms with Crippen LogP contribution in [-0.2, 0) is 4.79 Å². The molecule has 1 aliphatic heterocycles. The van der Waals surface area contributed by atoms with E-state index in [0.717, 1.165) is 10.6 Å². The minimum Gasteiger partial charge on any atom is -0.327 e. The van der Waals surface area contributed by atoms with E-state index in [-0.39, 0.29) is 5.91 Å². The lowest BCUT2D eigenvalue weighted by Crippen LogP contribution is -2.30. The number of nitrogens with zero attached hydrogens (tertiary/aromatic N) is 2. The van der Waals surface area contributed by atoms with Crippen LogP contribution < -0.4 is 10.2 Å². The molecule has 0 bridgehead atoms. The summed E-state index contributed by atoms with van der Waals surface area (Å²) < 4.78 is 0. The summed E-state index contributed by atoms with van der Waals surface area (Å²) in [7, 11) is 0. The minimum atomic E-state index is -0.221. The molecular formula is C14H10ClN3OS2. The Bertz CT molecular complexity index is 769. The highest BCUT2D eigenvalue weighted by molar-refractivity contribution is 7.80. The van der Waals surface area contributed by atoms with Crippen LogP contribution >= 0.6 is 35.2 Å². The second-order valence-electron chi connectivity index (χ2n) is 4.38. The zero-order valence-corrected chi connectivity index (χ0v) is 13.4. The predicted molar refractivity (Wildman–Crippen MR) is 89.5 cm³/mol. The number of hydrogen-bond acceptors (Lipinski definition) is 4. The fourth-order valence-corrected chi connectivity index (χ4v) is 3.21. The van der Waals surface area contributed by atoms with E-state index in [1.165, 1.54) is 16.2 Å². The number of thiazole rings is 1. The van der Waals surface area contributed by atoms with E-state index in [2.05, 4.69) is 10.3 Å². The van der Waals surface area contributed by atoms with Crippen molar-refractivity contribution in [2.45, 2.75) is 6.92 Å². The first kappa shape index (κ1) is 14.2. The second kappa shape index (κ2) is 5.55. The first-order valence-corrected chi connectivity index (χ1v) is 7.76. The molecule has 0 atom stereocenters. The van der Waals surface area contributed by atoms with Crippen LogP contribution in [0.25, 0.3) is 6.08 Å². The number of carbonyl (C=O) groups is 1. The van der Waals surface area contributed by atoms with Gasteiger partial charge in [-0.3, -0.25) is 9.69 Å². The summed E-state index contributed by atoms with van der Waals surface area (Å²) in [5.41, 5.74) is 3.62. The third kappa shape index (κ3) is 2.57. The van der Waals surface area contributed by atoms with Gasteiger partial charge in [0.2, 0.25) is 0 Å². The number of anilines is 1. The third-order valence-corrected chi connectivity index (χ3v) is 4.51. The molecule has 2 aromatic rings. The number of rotatable bonds is 2. The molecule has 0 saturated carbocycles. The maximum atomic E-state index is 12.5. The molecule has 4 nitrogen and oxygen atoms in total. The highest BCUT2D eigenvalue weighted by Gasteiger charge is 2.33. The molecule has 7 heteroatoms. The standard InChI is InChI=1S/C14H10ClN3OS2/c1-8-12(21-7-16-8)6-10-13(19)18(14(20)17-10)11-5-3-2-4-9(11)15/h2-7H,1H3,(H,17,20)/b10-6-. The van der Waals surface area contributed by atoms with Gasteiger partial charge in [-0.1, -0.05) is 23.7 Å². The lowest BCUT2D eigenvalue weighted by molar-refractivity contribution is -0.113. The number of aromatic nitrogens is 1. The van der Waals surface area contributed by atoms with Crippen LogP contribution in [0.2, 0.25) is 5.02 Å². The van der Waals surface area contributed by atoms with Crippen molar-refractivity contribution in [3.05, 3.63) is 51.1 Å². The Morgan fingerprint density at radius 2 is 2.19 bits per heavy atom. The van der Waals surface area contributed by atoms with Crippen molar-refractivity contribution in [2.75, 3.05) is 4.90 Å². The number of carbonyl (C=O) groups excluding carboxylic acids is 1. The SMILES string of the molecule is Cc1ncsc1/C=C1\NC(=S)N(c2ccccc2Cl)C1=O. The van der Waals surface area contributed by atoms with Crippen LogP contribution in [-0.4, -0.2) is 16.0 Å². The average Bonchev–Trinajstić information content (AvgIpc) is 2.97. The van der Waals surface area contributed by atoms with E-state index >= 15 is 0 Å². The third-order valence-electron chi connectivity index (χ3n) is 3.03. The number of benzene rings is 1. The number of hydrogen-bond donors (Lipinski definition) is 1. The van der Waals surface area contributed by atoms with Crippen LogP contribution in [0.3, 0.4) is 0 Å². The Morgan fingerprint density at radius 1 is 1.43 bits per heavy atom. The van der Waals surface area contributed by atoms with Gasteiger partial charge in [0, 0.05) is 0 Å². The Kier molecular flexibility index (Phi) is 3.75. The Balaban J connectivity index is 1.99. The van der Waals surface area contributed by atoms with E-state index in [1.807, 2.05) is 13.0 Å². The van der Waals surface area contributed by atoms with E-state index in [0.29, 0.717) is 21.5 Å². The number of para-hydroxylation sites is 1. The van der Waals surface area contributed by atoms with E-state index in [1.54, 1.807) is 29.8 Å². The smallest absolute Gasteiger partial charge is 0.281 e. The molecule has 3 rings (SSSR count). The predicted octanol–water partition coefficient (Wildman–Crippen LogP) is 3.37. The van der Waals surface area contributed by atoms with Gasteiger partial charge in [-0.15, -0.1) is 11.3 Å². The van der Waals surface area contributed by atoms with Crippen LogP contribution in [0.15, 0.2) is 35.5 Å². The summed E-state index contributed by atoms with van der Waals surface area (Å²) in [5.74, 6) is -0.221. The number of halogens is 1. The molecule has 1 aliphatic rings. The van der Waals surface area contributed by atoms with Gasteiger partial charge in [-0.25, -0.2) is 4.98 Å². The molecule has 1 fully saturated rings. The van der Waals surface area contributed by atoms with Crippen LogP contribution in [0.1, 0.15) is 10.6 Å². The monoisotopic (exact) mass is 335 g/mol. The molecule has 1 aromatic carbocycles. The van der Waals surface area contributed by atoms with Gasteiger partial charge in [0.05, 0.1) is 26.8 Å². The summed E-state index contributed by atoms with van der Waals surface area (Å²) in [4.78, 5) is 19.0. The highest BCUT2D eigenvalue weighted by atomic mass is 35.5. The van der Waals surface area contributed by atoms with E-state index in [4.69, 9.17) is 23.8 Å². The average molecular weight is 336 g/mol. The van der Waals surface area contributed by atoms with Crippen molar-refractivity contribution in [3.8, 4) is 0 Å². The second-order valence-corrected chi connectivity index (χ2v) is 6.06. The normalized spacial score (nSPS) is 16.7. The zero-order chi connectivity index (χ0) is 15.0. The maximum Gasteiger partial charge on any atom is 0.281 e. The summed E-state index contributed by atoms with van der Waals surface area (Å²) in [5, 5.41) is 3.73. The van der Waals surface area contributed by atoms with E-state index < -0.39 is 0 Å². The van der Waals surface area contributed by atoms with Crippen LogP contribution in [0.5, 0.6) is 0 Å². The molecule has 1 aromatic heterocycles. The first-order valence-electron chi connectivity index (χ1n) is 6.09. The lowest BCUT2D eigenvalue weighted by atomic mass is 10.2. The fraction of sp³-hybridized carbons (Fsp3) is 0.0714. The molecule has 1 amide bonds. The molecule has 0 unspecified atom stereocenters. The summed E-state index contributed by atoms with van der Waals surface area (Å²) in [6.07, 6.45) is 1.76. The summed E-state index contributed by atoms with van der Waals surface area (Å²) >= 11 is 12.9. The quantitative estimate of drug-likeness (QED) is 0.675. The van der Waals surface area contributed by atoms with E-state index in [9.17, 15) is 4.79 Å². The van der Waals surface area contributed by atoms with Crippen LogP contribution in [0, 0.1) is 6.92 Å². The van der Waals surface area contributed by atoms with Gasteiger partial charge in [0.15, 0.2) is 5.11 Å². The molecule has 21 heavy (non-hydrogen) atoms. The van der Waals surface area contributed by atoms with Gasteiger partial charge in [0.1, 0.15) is 5.70 Å². The molecule has 0 spiro atoms. The highest BCUT2D eigenvalue weighted by Crippen LogP contribution is 2.29. The fourth-order valence-electron chi connectivity index (χ4n) is 1.97. The van der Waals surface area contributed by atoms with Gasteiger partial charge >= 0.3 is 0 Å². The topological polar surface area (TPSA) is 45.2 Å². The number of aryl methyl sites for hydroxylation is 1. The molecule has 0 radical (unpaired) electrons. The minimum absolute atomic E-state index is 0.221. The molecule has 1 N–H and O–H groups in total. The van der Waals surface area contributed by atoms with Crippen molar-refractivity contribution in [2.24, 2.45) is 0 Å². The lowest BCUT2D eigenvalue weighted by Gasteiger charge is -2.15. The molecular weight excluding hydrogens is 326 g/mol. The largest absolute Gasteiger partial charge is 0.327 e. The van der Waals surface area contributed by atoms with Crippen molar-refractivity contribution in [1.29, 1.82) is 0 Å². The van der Waals surface area contributed by atoms with Crippen molar-refractivity contribution in [1.82, 2.24) is 10.3 Å². The van der Waals surface area contributed by atoms with Crippen LogP contribution in [0.4, 0.5) is 5.69 Å². The van der Waals surface area contributed by atoms with Gasteiger partial charge in [-0.2, -0.15) is 0 Å². The maximum absolute atomic E-state index is 12.5. The first-order chi connectivity index (χ1) is 10.1. The van der Waals surface area contributed by atoms with Gasteiger partial charge < -0.3 is 5.32 Å². The molecule has 0 aliphatic carbocycles. The number of amides is 1. The summed E-state index contributed by atoms with van der Waals surface area (Å²) in [6.45, 7) is 1.90. The molecule has 1 saturated heterocycles. The molecule has 2 heterocycles. The number of nitrogens with one attached hydrogen (secondary N) is 1. The Labute approximate surface area is 136 Å². The summed E-state index contributed by atoms with van der Waals surface area (Å²) in [6, 6.07) is 7.10. The van der Waals surface area contributed by atoms with Crippen molar-refractivity contribution < 1.29 is 4.79 Å². The van der Waals surface area contributed by atoms with Gasteiger partial charge in [-0.05, 0) is 37.4 Å². The van der Waals surface area contributed by atoms with Crippen molar-refractivity contribution >= 4 is 57.9 Å². The zero-order valence-electron chi connectivity index (χ0n) is 11.0. The Hall–Kier alpha value is -1.76.